The van der Waals surface area contributed by atoms with Crippen molar-refractivity contribution >= 4 is 11.6 Å². The first-order valence-corrected chi connectivity index (χ1v) is 8.61. The summed E-state index contributed by atoms with van der Waals surface area (Å²) in [5.41, 5.74) is 0.797. The Kier molecular flexibility index (Phi) is 7.61. The third kappa shape index (κ3) is 6.55. The highest BCUT2D eigenvalue weighted by atomic mass is 16.5. The lowest BCUT2D eigenvalue weighted by Crippen LogP contribution is -2.33. The van der Waals surface area contributed by atoms with E-state index in [0.717, 1.165) is 22.9 Å². The van der Waals surface area contributed by atoms with Gasteiger partial charge >= 0.3 is 0 Å². The molecule has 2 rings (SSSR count). The Balaban J connectivity index is 1.69. The molecule has 26 heavy (non-hydrogen) atoms. The number of carbonyl (C=O) groups is 1. The molecule has 0 radical (unpaired) electrons. The fourth-order valence-corrected chi connectivity index (χ4v) is 2.24. The number of carbonyl (C=O) groups excluding carboxylic acids is 1. The Morgan fingerprint density at radius 3 is 2.42 bits per heavy atom. The van der Waals surface area contributed by atoms with Gasteiger partial charge in [-0.1, -0.05) is 12.1 Å². The van der Waals surface area contributed by atoms with E-state index in [1.54, 1.807) is 7.11 Å². The maximum absolute atomic E-state index is 12.0. The number of para-hydroxylation sites is 2. The Morgan fingerprint density at radius 2 is 1.73 bits per heavy atom. The summed E-state index contributed by atoms with van der Waals surface area (Å²) in [4.78, 5) is 12.0. The summed E-state index contributed by atoms with van der Waals surface area (Å²) in [6.45, 7) is 4.92. The van der Waals surface area contributed by atoms with Crippen LogP contribution < -0.4 is 24.8 Å². The summed E-state index contributed by atoms with van der Waals surface area (Å²) in [5.74, 6) is 2.14. The van der Waals surface area contributed by atoms with Gasteiger partial charge in [-0.2, -0.15) is 0 Å². The second-order valence-corrected chi connectivity index (χ2v) is 5.89. The van der Waals surface area contributed by atoms with Crippen molar-refractivity contribution in [2.24, 2.45) is 0 Å². The van der Waals surface area contributed by atoms with Crippen molar-refractivity contribution < 1.29 is 19.0 Å². The molecule has 0 atom stereocenters. The number of amides is 1. The molecule has 0 heterocycles. The maximum Gasteiger partial charge on any atom is 0.239 e. The average molecular weight is 358 g/mol. The summed E-state index contributed by atoms with van der Waals surface area (Å²) in [7, 11) is 1.62. The number of methoxy groups -OCH3 is 1. The zero-order valence-electron chi connectivity index (χ0n) is 15.5. The second kappa shape index (κ2) is 10.2. The molecule has 0 fully saturated rings. The largest absolute Gasteiger partial charge is 0.497 e. The minimum absolute atomic E-state index is 0.0712. The Bertz CT molecular complexity index is 686. The zero-order valence-corrected chi connectivity index (χ0v) is 15.5. The van der Waals surface area contributed by atoms with Gasteiger partial charge in [-0.3, -0.25) is 4.79 Å². The minimum Gasteiger partial charge on any atom is -0.497 e. The van der Waals surface area contributed by atoms with E-state index in [1.165, 1.54) is 0 Å². The van der Waals surface area contributed by atoms with Crippen molar-refractivity contribution in [1.29, 1.82) is 0 Å². The molecule has 6 nitrogen and oxygen atoms in total. The Hall–Kier alpha value is -2.89. The molecule has 0 spiro atoms. The highest BCUT2D eigenvalue weighted by Gasteiger charge is 2.07. The lowest BCUT2D eigenvalue weighted by Gasteiger charge is -2.15. The lowest BCUT2D eigenvalue weighted by molar-refractivity contribution is -0.119. The standard InChI is InChI=1S/C20H26N2O4/c1-15(2)26-19-7-5-4-6-18(19)22-14-20(23)21-12-13-25-17-10-8-16(24-3)9-11-17/h4-11,15,22H,12-14H2,1-3H3,(H,21,23). The van der Waals surface area contributed by atoms with Crippen molar-refractivity contribution in [2.75, 3.05) is 32.1 Å². The predicted octanol–water partition coefficient (Wildman–Crippen LogP) is 3.09. The third-order valence-corrected chi connectivity index (χ3v) is 3.44. The van der Waals surface area contributed by atoms with Crippen LogP contribution in [0.1, 0.15) is 13.8 Å². The van der Waals surface area contributed by atoms with Crippen LogP contribution in [-0.2, 0) is 4.79 Å². The molecule has 6 heteroatoms. The molecule has 140 valence electrons. The second-order valence-electron chi connectivity index (χ2n) is 5.89. The van der Waals surface area contributed by atoms with Gasteiger partial charge in [0.1, 0.15) is 23.9 Å². The van der Waals surface area contributed by atoms with Gasteiger partial charge in [0.05, 0.1) is 32.0 Å². The molecular formula is C20H26N2O4. The molecule has 0 aliphatic heterocycles. The lowest BCUT2D eigenvalue weighted by atomic mass is 10.3. The minimum atomic E-state index is -0.109. The summed E-state index contributed by atoms with van der Waals surface area (Å²) in [5, 5.41) is 5.91. The molecular weight excluding hydrogens is 332 g/mol. The van der Waals surface area contributed by atoms with Crippen LogP contribution in [0.3, 0.4) is 0 Å². The van der Waals surface area contributed by atoms with Crippen LogP contribution in [0.25, 0.3) is 0 Å². The van der Waals surface area contributed by atoms with Crippen molar-refractivity contribution in [3.05, 3.63) is 48.5 Å². The highest BCUT2D eigenvalue weighted by molar-refractivity contribution is 5.81. The smallest absolute Gasteiger partial charge is 0.239 e. The van der Waals surface area contributed by atoms with Gasteiger partial charge in [0.15, 0.2) is 0 Å². The van der Waals surface area contributed by atoms with Crippen LogP contribution in [0.5, 0.6) is 17.2 Å². The SMILES string of the molecule is COc1ccc(OCCNC(=O)CNc2ccccc2OC(C)C)cc1. The predicted molar refractivity (Wildman–Crippen MR) is 102 cm³/mol. The molecule has 0 saturated carbocycles. The number of hydrogen-bond donors (Lipinski definition) is 2. The number of benzene rings is 2. The zero-order chi connectivity index (χ0) is 18.8. The molecule has 2 aromatic rings. The molecule has 0 aliphatic rings. The van der Waals surface area contributed by atoms with Gasteiger partial charge in [0.25, 0.3) is 0 Å². The average Bonchev–Trinajstić information content (AvgIpc) is 2.64. The number of hydrogen-bond acceptors (Lipinski definition) is 5. The van der Waals surface area contributed by atoms with Gasteiger partial charge in [-0.15, -0.1) is 0 Å². The third-order valence-electron chi connectivity index (χ3n) is 3.44. The van der Waals surface area contributed by atoms with E-state index >= 15 is 0 Å². The number of nitrogens with one attached hydrogen (secondary N) is 2. The van der Waals surface area contributed by atoms with Crippen LogP contribution >= 0.6 is 0 Å². The van der Waals surface area contributed by atoms with Crippen LogP contribution in [0.4, 0.5) is 5.69 Å². The fraction of sp³-hybridized carbons (Fsp3) is 0.350. The van der Waals surface area contributed by atoms with Gasteiger partial charge in [0, 0.05) is 0 Å². The number of anilines is 1. The summed E-state index contributed by atoms with van der Waals surface area (Å²) < 4.78 is 16.4. The first-order chi connectivity index (χ1) is 12.6. The van der Waals surface area contributed by atoms with E-state index in [1.807, 2.05) is 62.4 Å². The molecule has 0 saturated heterocycles. The van der Waals surface area contributed by atoms with E-state index in [2.05, 4.69) is 10.6 Å². The first kappa shape index (κ1) is 19.4. The van der Waals surface area contributed by atoms with Crippen molar-refractivity contribution in [1.82, 2.24) is 5.32 Å². The molecule has 0 unspecified atom stereocenters. The Labute approximate surface area is 154 Å². The summed E-state index contributed by atoms with van der Waals surface area (Å²) in [6.07, 6.45) is 0.0712. The quantitative estimate of drug-likeness (QED) is 0.639. The van der Waals surface area contributed by atoms with Gasteiger partial charge in [-0.05, 0) is 50.2 Å². The van der Waals surface area contributed by atoms with Gasteiger partial charge in [0.2, 0.25) is 5.91 Å². The normalized spacial score (nSPS) is 10.3. The monoisotopic (exact) mass is 358 g/mol. The first-order valence-electron chi connectivity index (χ1n) is 8.61. The topological polar surface area (TPSA) is 68.8 Å². The molecule has 2 aromatic carbocycles. The fourth-order valence-electron chi connectivity index (χ4n) is 2.24. The highest BCUT2D eigenvalue weighted by Crippen LogP contribution is 2.24. The Morgan fingerprint density at radius 1 is 1.04 bits per heavy atom. The van der Waals surface area contributed by atoms with E-state index in [4.69, 9.17) is 14.2 Å². The van der Waals surface area contributed by atoms with Crippen LogP contribution in [0.15, 0.2) is 48.5 Å². The van der Waals surface area contributed by atoms with Crippen molar-refractivity contribution in [2.45, 2.75) is 20.0 Å². The van der Waals surface area contributed by atoms with Crippen LogP contribution in [0, 0.1) is 0 Å². The maximum atomic E-state index is 12.0. The molecule has 1 amide bonds. The number of ether oxygens (including phenoxy) is 3. The van der Waals surface area contributed by atoms with Gasteiger partial charge in [-0.25, -0.2) is 0 Å². The van der Waals surface area contributed by atoms with E-state index in [0.29, 0.717) is 13.2 Å². The molecule has 0 bridgehead atoms. The summed E-state index contributed by atoms with van der Waals surface area (Å²) in [6, 6.07) is 14.9. The molecule has 0 aromatic heterocycles. The van der Waals surface area contributed by atoms with Crippen molar-refractivity contribution in [3.8, 4) is 17.2 Å². The van der Waals surface area contributed by atoms with E-state index < -0.39 is 0 Å². The van der Waals surface area contributed by atoms with Crippen LogP contribution in [-0.4, -0.2) is 38.8 Å². The van der Waals surface area contributed by atoms with E-state index in [-0.39, 0.29) is 18.6 Å². The number of rotatable bonds is 10. The molecule has 0 aliphatic carbocycles. The van der Waals surface area contributed by atoms with Crippen LogP contribution in [0.2, 0.25) is 0 Å². The van der Waals surface area contributed by atoms with E-state index in [9.17, 15) is 4.79 Å². The summed E-state index contributed by atoms with van der Waals surface area (Å²) >= 11 is 0. The van der Waals surface area contributed by atoms with Gasteiger partial charge < -0.3 is 24.8 Å². The molecule has 2 N–H and O–H groups in total. The van der Waals surface area contributed by atoms with Crippen molar-refractivity contribution in [3.63, 3.8) is 0 Å².